The summed E-state index contributed by atoms with van der Waals surface area (Å²) in [6, 6.07) is 12.5. The number of nitrogens with zero attached hydrogens (tertiary/aromatic N) is 3. The van der Waals surface area contributed by atoms with Crippen LogP contribution in [0, 0.1) is 11.3 Å². The number of carbonyl (C=O) groups excluding carboxylic acids is 1. The summed E-state index contributed by atoms with van der Waals surface area (Å²) in [4.78, 5) is 11.6. The van der Waals surface area contributed by atoms with Gasteiger partial charge in [0.1, 0.15) is 0 Å². The van der Waals surface area contributed by atoms with E-state index in [1.165, 1.54) is 0 Å². The van der Waals surface area contributed by atoms with E-state index in [-0.39, 0.29) is 6.03 Å². The number of hydrogen-bond donors (Lipinski definition) is 3. The molecule has 0 atom stereocenters. The van der Waals surface area contributed by atoms with E-state index in [1.807, 2.05) is 0 Å². The molecule has 1 aliphatic carbocycles. The van der Waals surface area contributed by atoms with Crippen LogP contribution in [0.3, 0.4) is 0 Å². The summed E-state index contributed by atoms with van der Waals surface area (Å²) >= 11 is 0. The summed E-state index contributed by atoms with van der Waals surface area (Å²) in [6.45, 7) is 0. The smallest absolute Gasteiger partial charge is 0.320 e. The number of carbonyl (C=O) groups is 1. The van der Waals surface area contributed by atoms with E-state index in [4.69, 9.17) is 5.26 Å². The predicted molar refractivity (Wildman–Crippen MR) is 81.6 cm³/mol. The SMILES string of the molecule is N#Cc1ccc(Nc2ccc(NC(=O)NC3CC3)nn2)cc1. The van der Waals surface area contributed by atoms with Crippen molar-refractivity contribution in [1.82, 2.24) is 15.5 Å². The molecule has 1 heterocycles. The van der Waals surface area contributed by atoms with Crippen LogP contribution in [-0.2, 0) is 0 Å². The number of urea groups is 1. The third kappa shape index (κ3) is 3.70. The van der Waals surface area contributed by atoms with Gasteiger partial charge in [-0.05, 0) is 49.2 Å². The first-order chi connectivity index (χ1) is 10.7. The number of amides is 2. The number of aromatic nitrogens is 2. The van der Waals surface area contributed by atoms with Crippen LogP contribution in [0.1, 0.15) is 18.4 Å². The minimum atomic E-state index is -0.260. The molecule has 1 aromatic heterocycles. The molecule has 2 aromatic rings. The van der Waals surface area contributed by atoms with Gasteiger partial charge in [-0.25, -0.2) is 4.79 Å². The van der Waals surface area contributed by atoms with Crippen LogP contribution in [-0.4, -0.2) is 22.3 Å². The number of hydrogen-bond acceptors (Lipinski definition) is 5. The lowest BCUT2D eigenvalue weighted by Gasteiger charge is -2.07. The normalized spacial score (nSPS) is 13.0. The highest BCUT2D eigenvalue weighted by atomic mass is 16.2. The molecule has 0 unspecified atom stereocenters. The summed E-state index contributed by atoms with van der Waals surface area (Å²) in [5, 5.41) is 25.2. The Morgan fingerprint density at radius 1 is 1.09 bits per heavy atom. The maximum absolute atomic E-state index is 11.6. The molecule has 3 rings (SSSR count). The molecule has 0 spiro atoms. The van der Waals surface area contributed by atoms with Gasteiger partial charge in [0, 0.05) is 11.7 Å². The monoisotopic (exact) mass is 294 g/mol. The number of nitriles is 1. The standard InChI is InChI=1S/C15H14N6O/c16-9-10-1-3-11(4-2-10)17-13-7-8-14(21-20-13)19-15(22)18-12-5-6-12/h1-4,7-8,12H,5-6H2,(H,17,20)(H2,18,19,21,22). The zero-order valence-corrected chi connectivity index (χ0v) is 11.7. The van der Waals surface area contributed by atoms with Gasteiger partial charge < -0.3 is 10.6 Å². The van der Waals surface area contributed by atoms with Gasteiger partial charge in [0.15, 0.2) is 11.6 Å². The van der Waals surface area contributed by atoms with Crippen LogP contribution in [0.4, 0.5) is 22.1 Å². The first-order valence-corrected chi connectivity index (χ1v) is 6.91. The van der Waals surface area contributed by atoms with E-state index >= 15 is 0 Å². The predicted octanol–water partition coefficient (Wildman–Crippen LogP) is 2.38. The maximum atomic E-state index is 11.6. The second-order valence-corrected chi connectivity index (χ2v) is 4.99. The molecule has 0 aliphatic heterocycles. The highest BCUT2D eigenvalue weighted by Gasteiger charge is 2.23. The van der Waals surface area contributed by atoms with Crippen molar-refractivity contribution < 1.29 is 4.79 Å². The number of rotatable bonds is 4. The van der Waals surface area contributed by atoms with Crippen LogP contribution in [0.2, 0.25) is 0 Å². The van der Waals surface area contributed by atoms with Crippen molar-refractivity contribution in [2.75, 3.05) is 10.6 Å². The number of anilines is 3. The molecule has 110 valence electrons. The van der Waals surface area contributed by atoms with Crippen molar-refractivity contribution in [3.8, 4) is 6.07 Å². The molecular weight excluding hydrogens is 280 g/mol. The summed E-state index contributed by atoms with van der Waals surface area (Å²) < 4.78 is 0. The summed E-state index contributed by atoms with van der Waals surface area (Å²) in [5.41, 5.74) is 1.40. The molecule has 1 saturated carbocycles. The van der Waals surface area contributed by atoms with Gasteiger partial charge in [0.25, 0.3) is 0 Å². The number of benzene rings is 1. The third-order valence-electron chi connectivity index (χ3n) is 3.11. The van der Waals surface area contributed by atoms with Crippen molar-refractivity contribution in [2.45, 2.75) is 18.9 Å². The Morgan fingerprint density at radius 3 is 2.36 bits per heavy atom. The molecular formula is C15H14N6O. The Kier molecular flexibility index (Phi) is 3.83. The molecule has 0 bridgehead atoms. The Hall–Kier alpha value is -3.14. The molecule has 7 nitrogen and oxygen atoms in total. The fourth-order valence-corrected chi connectivity index (χ4v) is 1.81. The van der Waals surface area contributed by atoms with E-state index in [0.717, 1.165) is 18.5 Å². The Balaban J connectivity index is 1.58. The van der Waals surface area contributed by atoms with Gasteiger partial charge in [-0.15, -0.1) is 10.2 Å². The van der Waals surface area contributed by atoms with Crippen LogP contribution < -0.4 is 16.0 Å². The van der Waals surface area contributed by atoms with Crippen molar-refractivity contribution >= 4 is 23.4 Å². The zero-order chi connectivity index (χ0) is 15.4. The Bertz CT molecular complexity index is 700. The first-order valence-electron chi connectivity index (χ1n) is 6.91. The van der Waals surface area contributed by atoms with Gasteiger partial charge in [0.2, 0.25) is 0 Å². The van der Waals surface area contributed by atoms with Gasteiger partial charge in [-0.3, -0.25) is 5.32 Å². The topological polar surface area (TPSA) is 103 Å². The minimum absolute atomic E-state index is 0.260. The molecule has 1 aliphatic rings. The average Bonchev–Trinajstić information content (AvgIpc) is 3.34. The molecule has 3 N–H and O–H groups in total. The highest BCUT2D eigenvalue weighted by Crippen LogP contribution is 2.19. The summed E-state index contributed by atoms with van der Waals surface area (Å²) in [6.07, 6.45) is 2.07. The Labute approximate surface area is 127 Å². The summed E-state index contributed by atoms with van der Waals surface area (Å²) in [5.74, 6) is 0.946. The molecule has 0 saturated heterocycles. The first kappa shape index (κ1) is 13.8. The maximum Gasteiger partial charge on any atom is 0.320 e. The van der Waals surface area contributed by atoms with E-state index in [9.17, 15) is 4.79 Å². The fraction of sp³-hybridized carbons (Fsp3) is 0.200. The van der Waals surface area contributed by atoms with Crippen LogP contribution >= 0.6 is 0 Å². The lowest BCUT2D eigenvalue weighted by Crippen LogP contribution is -2.30. The zero-order valence-electron chi connectivity index (χ0n) is 11.7. The fourth-order valence-electron chi connectivity index (χ4n) is 1.81. The van der Waals surface area contributed by atoms with Gasteiger partial charge in [-0.2, -0.15) is 5.26 Å². The molecule has 1 fully saturated rings. The second-order valence-electron chi connectivity index (χ2n) is 4.99. The van der Waals surface area contributed by atoms with E-state index < -0.39 is 0 Å². The van der Waals surface area contributed by atoms with E-state index in [0.29, 0.717) is 23.2 Å². The second kappa shape index (κ2) is 6.10. The van der Waals surface area contributed by atoms with Crippen LogP contribution in [0.5, 0.6) is 0 Å². The molecule has 0 radical (unpaired) electrons. The highest BCUT2D eigenvalue weighted by molar-refractivity contribution is 5.88. The average molecular weight is 294 g/mol. The van der Waals surface area contributed by atoms with Gasteiger partial charge in [0.05, 0.1) is 11.6 Å². The van der Waals surface area contributed by atoms with E-state index in [2.05, 4.69) is 32.2 Å². The van der Waals surface area contributed by atoms with Crippen LogP contribution in [0.15, 0.2) is 36.4 Å². The number of nitrogens with one attached hydrogen (secondary N) is 3. The molecule has 7 heteroatoms. The van der Waals surface area contributed by atoms with Gasteiger partial charge in [-0.1, -0.05) is 0 Å². The van der Waals surface area contributed by atoms with Crippen molar-refractivity contribution in [3.05, 3.63) is 42.0 Å². The minimum Gasteiger partial charge on any atom is -0.339 e. The molecule has 1 aromatic carbocycles. The molecule has 22 heavy (non-hydrogen) atoms. The van der Waals surface area contributed by atoms with Crippen molar-refractivity contribution in [3.63, 3.8) is 0 Å². The van der Waals surface area contributed by atoms with Crippen LogP contribution in [0.25, 0.3) is 0 Å². The van der Waals surface area contributed by atoms with Crippen molar-refractivity contribution in [2.24, 2.45) is 0 Å². The summed E-state index contributed by atoms with van der Waals surface area (Å²) in [7, 11) is 0. The lowest BCUT2D eigenvalue weighted by atomic mass is 10.2. The van der Waals surface area contributed by atoms with Gasteiger partial charge >= 0.3 is 6.03 Å². The largest absolute Gasteiger partial charge is 0.339 e. The van der Waals surface area contributed by atoms with Crippen molar-refractivity contribution in [1.29, 1.82) is 5.26 Å². The van der Waals surface area contributed by atoms with E-state index in [1.54, 1.807) is 36.4 Å². The molecule has 2 amide bonds. The Morgan fingerprint density at radius 2 is 1.77 bits per heavy atom. The quantitative estimate of drug-likeness (QED) is 0.803. The third-order valence-corrected chi connectivity index (χ3v) is 3.11. The lowest BCUT2D eigenvalue weighted by molar-refractivity contribution is 0.251.